The van der Waals surface area contributed by atoms with Gasteiger partial charge in [-0.3, -0.25) is 10.1 Å². The largest absolute Gasteiger partial charge is 0.491 e. The standard InChI is InChI=1S/C8H7BrN2O3/c9-5-2-8-4(6(10)3-14-8)1-7(5)11(12)13/h1-2,6H,3,10H2. The van der Waals surface area contributed by atoms with Crippen molar-refractivity contribution < 1.29 is 9.66 Å². The highest BCUT2D eigenvalue weighted by molar-refractivity contribution is 9.10. The number of rotatable bonds is 1. The van der Waals surface area contributed by atoms with Gasteiger partial charge in [0.25, 0.3) is 5.69 Å². The van der Waals surface area contributed by atoms with Crippen LogP contribution in [0.2, 0.25) is 0 Å². The molecule has 74 valence electrons. The van der Waals surface area contributed by atoms with Crippen LogP contribution < -0.4 is 10.5 Å². The second-order valence-electron chi connectivity index (χ2n) is 3.02. The number of fused-ring (bicyclic) bond motifs is 1. The van der Waals surface area contributed by atoms with E-state index in [1.807, 2.05) is 0 Å². The van der Waals surface area contributed by atoms with Crippen molar-refractivity contribution >= 4 is 21.6 Å². The third kappa shape index (κ3) is 1.36. The highest BCUT2D eigenvalue weighted by Crippen LogP contribution is 2.38. The zero-order valence-electron chi connectivity index (χ0n) is 7.07. The van der Waals surface area contributed by atoms with Crippen LogP contribution in [0.3, 0.4) is 0 Å². The van der Waals surface area contributed by atoms with Crippen LogP contribution in [0.25, 0.3) is 0 Å². The molecule has 0 bridgehead atoms. The first kappa shape index (κ1) is 9.42. The Morgan fingerprint density at radius 2 is 2.36 bits per heavy atom. The molecule has 1 aliphatic heterocycles. The van der Waals surface area contributed by atoms with Crippen molar-refractivity contribution in [1.29, 1.82) is 0 Å². The molecule has 14 heavy (non-hydrogen) atoms. The first-order valence-electron chi connectivity index (χ1n) is 3.96. The predicted octanol–water partition coefficient (Wildman–Crippen LogP) is 1.75. The van der Waals surface area contributed by atoms with Gasteiger partial charge in [-0.05, 0) is 15.9 Å². The van der Waals surface area contributed by atoms with Crippen LogP contribution in [0.1, 0.15) is 11.6 Å². The normalized spacial score (nSPS) is 18.9. The number of nitro benzene ring substituents is 1. The number of hydrogen-bond donors (Lipinski definition) is 1. The first-order chi connectivity index (χ1) is 6.59. The van der Waals surface area contributed by atoms with E-state index in [-0.39, 0.29) is 11.7 Å². The summed E-state index contributed by atoms with van der Waals surface area (Å²) in [5, 5.41) is 10.6. The van der Waals surface area contributed by atoms with Crippen LogP contribution in [0.5, 0.6) is 5.75 Å². The molecule has 0 aliphatic carbocycles. The van der Waals surface area contributed by atoms with E-state index in [0.29, 0.717) is 22.4 Å². The van der Waals surface area contributed by atoms with Gasteiger partial charge in [0, 0.05) is 17.7 Å². The Morgan fingerprint density at radius 1 is 1.64 bits per heavy atom. The Labute approximate surface area is 88.1 Å². The summed E-state index contributed by atoms with van der Waals surface area (Å²) in [6.45, 7) is 0.378. The number of halogens is 1. The van der Waals surface area contributed by atoms with Crippen LogP contribution >= 0.6 is 15.9 Å². The predicted molar refractivity (Wildman–Crippen MR) is 53.2 cm³/mol. The fourth-order valence-electron chi connectivity index (χ4n) is 1.38. The van der Waals surface area contributed by atoms with E-state index < -0.39 is 4.92 Å². The molecule has 0 aromatic heterocycles. The minimum Gasteiger partial charge on any atom is -0.491 e. The lowest BCUT2D eigenvalue weighted by Gasteiger charge is -2.01. The van der Waals surface area contributed by atoms with Gasteiger partial charge in [0.1, 0.15) is 12.4 Å². The molecule has 1 aromatic carbocycles. The Balaban J connectivity index is 2.57. The average Bonchev–Trinajstić information content (AvgIpc) is 2.46. The summed E-state index contributed by atoms with van der Waals surface area (Å²) in [6, 6.07) is 2.77. The molecule has 1 heterocycles. The number of ether oxygens (including phenoxy) is 1. The van der Waals surface area contributed by atoms with Gasteiger partial charge >= 0.3 is 0 Å². The summed E-state index contributed by atoms with van der Waals surface area (Å²) in [4.78, 5) is 10.2. The minimum atomic E-state index is -0.449. The van der Waals surface area contributed by atoms with E-state index in [9.17, 15) is 10.1 Å². The van der Waals surface area contributed by atoms with Gasteiger partial charge in [0.05, 0.1) is 15.4 Å². The molecule has 0 saturated heterocycles. The number of nitro groups is 1. The third-order valence-corrected chi connectivity index (χ3v) is 2.73. The lowest BCUT2D eigenvalue weighted by molar-refractivity contribution is -0.385. The highest BCUT2D eigenvalue weighted by Gasteiger charge is 2.25. The summed E-state index contributed by atoms with van der Waals surface area (Å²) in [6.07, 6.45) is 0. The molecule has 0 fully saturated rings. The van der Waals surface area contributed by atoms with Crippen molar-refractivity contribution in [3.05, 3.63) is 32.3 Å². The lowest BCUT2D eigenvalue weighted by Crippen LogP contribution is -2.10. The van der Waals surface area contributed by atoms with Gasteiger partial charge in [-0.25, -0.2) is 0 Å². The summed E-state index contributed by atoms with van der Waals surface area (Å²) in [5.74, 6) is 0.620. The zero-order chi connectivity index (χ0) is 10.3. The maximum absolute atomic E-state index is 10.6. The Hall–Kier alpha value is -1.14. The number of nitrogens with zero attached hydrogens (tertiary/aromatic N) is 1. The van der Waals surface area contributed by atoms with Crippen molar-refractivity contribution in [3.63, 3.8) is 0 Å². The Kier molecular flexibility index (Phi) is 2.16. The topological polar surface area (TPSA) is 78.4 Å². The van der Waals surface area contributed by atoms with Crippen molar-refractivity contribution in [2.45, 2.75) is 6.04 Å². The fraction of sp³-hybridized carbons (Fsp3) is 0.250. The van der Waals surface area contributed by atoms with Crippen LogP contribution in [0.15, 0.2) is 16.6 Å². The zero-order valence-corrected chi connectivity index (χ0v) is 8.65. The molecule has 0 spiro atoms. The summed E-state index contributed by atoms with van der Waals surface area (Å²) < 4.78 is 5.66. The van der Waals surface area contributed by atoms with E-state index >= 15 is 0 Å². The molecule has 5 nitrogen and oxygen atoms in total. The molecule has 1 atom stereocenters. The van der Waals surface area contributed by atoms with Crippen molar-refractivity contribution in [2.24, 2.45) is 5.73 Å². The average molecular weight is 259 g/mol. The van der Waals surface area contributed by atoms with Crippen molar-refractivity contribution in [2.75, 3.05) is 6.61 Å². The van der Waals surface area contributed by atoms with Gasteiger partial charge in [0.15, 0.2) is 0 Å². The molecule has 2 N–H and O–H groups in total. The third-order valence-electron chi connectivity index (χ3n) is 2.09. The van der Waals surface area contributed by atoms with Crippen LogP contribution in [-0.2, 0) is 0 Å². The highest BCUT2D eigenvalue weighted by atomic mass is 79.9. The van der Waals surface area contributed by atoms with Crippen LogP contribution in [0, 0.1) is 10.1 Å². The monoisotopic (exact) mass is 258 g/mol. The Bertz CT molecular complexity index is 408. The lowest BCUT2D eigenvalue weighted by atomic mass is 10.1. The van der Waals surface area contributed by atoms with Crippen molar-refractivity contribution in [1.82, 2.24) is 0 Å². The number of hydrogen-bond acceptors (Lipinski definition) is 4. The van der Waals surface area contributed by atoms with Gasteiger partial charge in [-0.1, -0.05) is 0 Å². The van der Waals surface area contributed by atoms with Gasteiger partial charge in [-0.15, -0.1) is 0 Å². The Morgan fingerprint density at radius 3 is 3.00 bits per heavy atom. The summed E-state index contributed by atoms with van der Waals surface area (Å²) in [7, 11) is 0. The number of nitrogens with two attached hydrogens (primary N) is 1. The maximum Gasteiger partial charge on any atom is 0.284 e. The van der Waals surface area contributed by atoms with Gasteiger partial charge in [-0.2, -0.15) is 0 Å². The summed E-state index contributed by atoms with van der Waals surface area (Å²) >= 11 is 3.11. The van der Waals surface area contributed by atoms with E-state index in [4.69, 9.17) is 10.5 Å². The first-order valence-corrected chi connectivity index (χ1v) is 4.75. The number of benzene rings is 1. The molecular formula is C8H7BrN2O3. The molecule has 0 radical (unpaired) electrons. The van der Waals surface area contributed by atoms with Gasteiger partial charge in [0.2, 0.25) is 0 Å². The van der Waals surface area contributed by atoms with E-state index in [2.05, 4.69) is 15.9 Å². The molecule has 2 rings (SSSR count). The SMILES string of the molecule is NC1COc2cc(Br)c([N+](=O)[O-])cc21. The van der Waals surface area contributed by atoms with E-state index in [1.165, 1.54) is 6.07 Å². The molecule has 6 heteroatoms. The quantitative estimate of drug-likeness (QED) is 0.615. The second kappa shape index (κ2) is 3.21. The smallest absolute Gasteiger partial charge is 0.284 e. The molecule has 0 saturated carbocycles. The molecule has 1 aromatic rings. The van der Waals surface area contributed by atoms with Crippen LogP contribution in [0.4, 0.5) is 5.69 Å². The molecule has 1 unspecified atom stereocenters. The van der Waals surface area contributed by atoms with E-state index in [1.54, 1.807) is 6.07 Å². The molecule has 0 amide bonds. The molecular weight excluding hydrogens is 252 g/mol. The van der Waals surface area contributed by atoms with Gasteiger partial charge < -0.3 is 10.5 Å². The minimum absolute atomic E-state index is 0.0182. The van der Waals surface area contributed by atoms with E-state index in [0.717, 1.165) is 0 Å². The second-order valence-corrected chi connectivity index (χ2v) is 3.87. The van der Waals surface area contributed by atoms with Crippen LogP contribution in [-0.4, -0.2) is 11.5 Å². The fourth-order valence-corrected chi connectivity index (χ4v) is 1.85. The van der Waals surface area contributed by atoms with Crippen molar-refractivity contribution in [3.8, 4) is 5.75 Å². The molecule has 1 aliphatic rings. The maximum atomic E-state index is 10.6. The summed E-state index contributed by atoms with van der Waals surface area (Å²) in [5.41, 5.74) is 6.42.